The van der Waals surface area contributed by atoms with Crippen LogP contribution in [0.3, 0.4) is 0 Å². The highest BCUT2D eigenvalue weighted by molar-refractivity contribution is 6.66. The second kappa shape index (κ2) is 6.99. The highest BCUT2D eigenvalue weighted by atomic mass is 35.5. The maximum atomic E-state index is 14.5. The molecule has 0 saturated carbocycles. The molecule has 0 aromatic heterocycles. The lowest BCUT2D eigenvalue weighted by Gasteiger charge is -2.34. The topological polar surface area (TPSA) is 103 Å². The Morgan fingerprint density at radius 2 is 2.19 bits per heavy atom. The molecule has 2 aliphatic heterocycles. The fraction of sp³-hybridized carbons (Fsp3) is 0.294. The van der Waals surface area contributed by atoms with Crippen molar-refractivity contribution in [2.45, 2.75) is 18.9 Å². The lowest BCUT2D eigenvalue weighted by molar-refractivity contribution is -0.128. The Kier molecular flexibility index (Phi) is 4.88. The van der Waals surface area contributed by atoms with Gasteiger partial charge in [-0.15, -0.1) is 0 Å². The lowest BCUT2D eigenvalue weighted by Crippen LogP contribution is -2.47. The molecular weight excluding hydrogens is 375 g/mol. The number of carbonyl (C=O) groups is 2. The fourth-order valence-electron chi connectivity index (χ4n) is 2.85. The molecule has 3 amide bonds. The smallest absolute Gasteiger partial charge is 0.328 e. The number of halogens is 2. The van der Waals surface area contributed by atoms with Crippen molar-refractivity contribution >= 4 is 40.5 Å². The molecule has 2 aliphatic rings. The van der Waals surface area contributed by atoms with Gasteiger partial charge in [-0.2, -0.15) is 0 Å². The number of urea groups is 1. The third-order valence-corrected chi connectivity index (χ3v) is 4.72. The Bertz CT molecular complexity index is 899. The summed E-state index contributed by atoms with van der Waals surface area (Å²) in [6.07, 6.45) is 3.13. The monoisotopic (exact) mass is 392 g/mol. The van der Waals surface area contributed by atoms with Crippen LogP contribution in [0.4, 0.5) is 14.9 Å². The van der Waals surface area contributed by atoms with Crippen molar-refractivity contribution < 1.29 is 14.0 Å². The molecule has 0 unspecified atom stereocenters. The average molecular weight is 393 g/mol. The first-order valence-corrected chi connectivity index (χ1v) is 8.48. The number of nitrogens with one attached hydrogen (secondary N) is 1. The summed E-state index contributed by atoms with van der Waals surface area (Å²) in [7, 11) is 1.51. The lowest BCUT2D eigenvalue weighted by atomic mass is 9.87. The van der Waals surface area contributed by atoms with E-state index in [1.54, 1.807) is 13.0 Å². The van der Waals surface area contributed by atoms with E-state index in [0.717, 1.165) is 0 Å². The van der Waals surface area contributed by atoms with Crippen molar-refractivity contribution in [1.82, 2.24) is 9.80 Å². The summed E-state index contributed by atoms with van der Waals surface area (Å²) in [5.74, 6) is -0.822. The molecule has 27 heavy (non-hydrogen) atoms. The van der Waals surface area contributed by atoms with Gasteiger partial charge in [0.25, 0.3) is 0 Å². The molecule has 0 bridgehead atoms. The molecule has 0 aliphatic carbocycles. The molecule has 2 heterocycles. The van der Waals surface area contributed by atoms with E-state index in [4.69, 9.17) is 17.3 Å². The number of rotatable bonds is 2. The summed E-state index contributed by atoms with van der Waals surface area (Å²) in [4.78, 5) is 35.1. The number of guanidine groups is 1. The van der Waals surface area contributed by atoms with Crippen molar-refractivity contribution in [2.24, 2.45) is 15.7 Å². The zero-order valence-corrected chi connectivity index (χ0v) is 15.5. The number of anilines is 1. The first-order valence-electron chi connectivity index (χ1n) is 8.10. The van der Waals surface area contributed by atoms with Crippen LogP contribution in [0.2, 0.25) is 0 Å². The van der Waals surface area contributed by atoms with Crippen molar-refractivity contribution in [2.75, 3.05) is 18.9 Å². The van der Waals surface area contributed by atoms with Crippen LogP contribution in [0.1, 0.15) is 18.9 Å². The molecule has 1 atom stereocenters. The molecule has 0 spiro atoms. The Hall–Kier alpha value is -2.94. The van der Waals surface area contributed by atoms with Gasteiger partial charge in [0.2, 0.25) is 11.2 Å². The molecule has 1 aromatic rings. The highest BCUT2D eigenvalue weighted by Gasteiger charge is 2.38. The number of nitrogens with two attached hydrogens (primary N) is 1. The third kappa shape index (κ3) is 3.63. The van der Waals surface area contributed by atoms with Crippen LogP contribution < -0.4 is 11.1 Å². The summed E-state index contributed by atoms with van der Waals surface area (Å²) in [6, 6.07) is 3.54. The van der Waals surface area contributed by atoms with E-state index >= 15 is 0 Å². The summed E-state index contributed by atoms with van der Waals surface area (Å²) in [5.41, 5.74) is 5.10. The third-order valence-electron chi connectivity index (χ3n) is 4.41. The van der Waals surface area contributed by atoms with Crippen LogP contribution in [-0.4, -0.2) is 46.6 Å². The molecule has 10 heteroatoms. The van der Waals surface area contributed by atoms with Crippen molar-refractivity contribution in [3.63, 3.8) is 0 Å². The van der Waals surface area contributed by atoms with Gasteiger partial charge in [-0.25, -0.2) is 19.2 Å². The summed E-state index contributed by atoms with van der Waals surface area (Å²) in [6.45, 7) is 1.88. The number of aliphatic imine (C=N–C) groups is 2. The standard InChI is InChI=1S/C17H18ClFN6O2/c1-17(9-13(26)24(2)15(20)23-17)11-8-10(4-5-12(11)19)22-16(27)25-7-3-6-21-14(25)18/h3-6,8H,7,9H2,1-2H3,(H2,20,23)(H,22,27)/t17-/m0/s1. The molecule has 0 radical (unpaired) electrons. The molecule has 8 nitrogen and oxygen atoms in total. The van der Waals surface area contributed by atoms with Crippen molar-refractivity contribution in [3.05, 3.63) is 41.9 Å². The second-order valence-electron chi connectivity index (χ2n) is 6.39. The van der Waals surface area contributed by atoms with E-state index in [0.29, 0.717) is 5.69 Å². The SMILES string of the molecule is CN1C(=O)C[C@@](C)(c2cc(NC(=O)N3CC=CN=C3Cl)ccc2F)N=C1N. The van der Waals surface area contributed by atoms with Crippen LogP contribution in [-0.2, 0) is 10.3 Å². The van der Waals surface area contributed by atoms with Gasteiger partial charge in [0.15, 0.2) is 5.96 Å². The van der Waals surface area contributed by atoms with Crippen LogP contribution in [0.5, 0.6) is 0 Å². The zero-order chi connectivity index (χ0) is 19.8. The van der Waals surface area contributed by atoms with E-state index in [-0.39, 0.29) is 35.7 Å². The Morgan fingerprint density at radius 1 is 1.44 bits per heavy atom. The van der Waals surface area contributed by atoms with Crippen LogP contribution >= 0.6 is 11.6 Å². The second-order valence-corrected chi connectivity index (χ2v) is 6.73. The van der Waals surface area contributed by atoms with E-state index in [2.05, 4.69) is 15.3 Å². The highest BCUT2D eigenvalue weighted by Crippen LogP contribution is 2.35. The van der Waals surface area contributed by atoms with Gasteiger partial charge in [0, 0.05) is 31.0 Å². The number of hydrogen-bond acceptors (Lipinski definition) is 5. The Balaban J connectivity index is 1.89. The first-order chi connectivity index (χ1) is 12.7. The molecule has 142 valence electrons. The number of amidine groups is 1. The number of nitrogens with zero attached hydrogens (tertiary/aromatic N) is 4. The molecule has 0 saturated heterocycles. The quantitative estimate of drug-likeness (QED) is 0.754. The van der Waals surface area contributed by atoms with E-state index in [9.17, 15) is 14.0 Å². The van der Waals surface area contributed by atoms with Gasteiger partial charge in [-0.3, -0.25) is 14.6 Å². The van der Waals surface area contributed by atoms with E-state index in [1.165, 1.54) is 41.2 Å². The van der Waals surface area contributed by atoms with Crippen LogP contribution in [0.15, 0.2) is 40.5 Å². The molecule has 3 N–H and O–H groups in total. The number of carbonyl (C=O) groups excluding carboxylic acids is 2. The van der Waals surface area contributed by atoms with Gasteiger partial charge in [-0.1, -0.05) is 0 Å². The van der Waals surface area contributed by atoms with Gasteiger partial charge in [-0.05, 0) is 42.8 Å². The molecular formula is C17H18ClFN6O2. The zero-order valence-electron chi connectivity index (χ0n) is 14.7. The molecule has 1 aromatic carbocycles. The summed E-state index contributed by atoms with van der Waals surface area (Å²) in [5, 5.41) is 2.67. The van der Waals surface area contributed by atoms with Crippen LogP contribution in [0, 0.1) is 5.82 Å². The average Bonchev–Trinajstić information content (AvgIpc) is 2.61. The maximum Gasteiger partial charge on any atom is 0.328 e. The largest absolute Gasteiger partial charge is 0.369 e. The van der Waals surface area contributed by atoms with E-state index < -0.39 is 17.4 Å². The number of amides is 3. The van der Waals surface area contributed by atoms with Gasteiger partial charge in [0.05, 0.1) is 12.0 Å². The maximum absolute atomic E-state index is 14.5. The van der Waals surface area contributed by atoms with E-state index in [1.807, 2.05) is 0 Å². The van der Waals surface area contributed by atoms with Gasteiger partial charge < -0.3 is 11.1 Å². The number of hydrogen-bond donors (Lipinski definition) is 2. The van der Waals surface area contributed by atoms with Gasteiger partial charge in [0.1, 0.15) is 5.82 Å². The minimum Gasteiger partial charge on any atom is -0.369 e. The minimum absolute atomic E-state index is 0.00526. The Morgan fingerprint density at radius 3 is 2.85 bits per heavy atom. The summed E-state index contributed by atoms with van der Waals surface area (Å²) < 4.78 is 14.5. The minimum atomic E-state index is -1.18. The molecule has 0 fully saturated rings. The van der Waals surface area contributed by atoms with Crippen molar-refractivity contribution in [3.8, 4) is 0 Å². The fourth-order valence-corrected chi connectivity index (χ4v) is 3.05. The van der Waals surface area contributed by atoms with Gasteiger partial charge >= 0.3 is 6.03 Å². The Labute approximate surface area is 160 Å². The first kappa shape index (κ1) is 18.8. The van der Waals surface area contributed by atoms with Crippen molar-refractivity contribution in [1.29, 1.82) is 0 Å². The predicted molar refractivity (Wildman–Crippen MR) is 101 cm³/mol. The summed E-state index contributed by atoms with van der Waals surface area (Å²) >= 11 is 5.92. The molecule has 3 rings (SSSR count). The van der Waals surface area contributed by atoms with Crippen LogP contribution in [0.25, 0.3) is 0 Å². The number of benzene rings is 1. The predicted octanol–water partition coefficient (Wildman–Crippen LogP) is 2.17. The normalized spacial score (nSPS) is 22.4.